The van der Waals surface area contributed by atoms with Gasteiger partial charge in [-0.1, -0.05) is 41.9 Å². The number of benzene rings is 2. The van der Waals surface area contributed by atoms with Crippen molar-refractivity contribution >= 4 is 32.8 Å². The van der Waals surface area contributed by atoms with Gasteiger partial charge in [-0.05, 0) is 35.9 Å². The lowest BCUT2D eigenvalue weighted by molar-refractivity contribution is -0.144. The van der Waals surface area contributed by atoms with Gasteiger partial charge in [0, 0.05) is 16.7 Å². The molecule has 4 rings (SSSR count). The van der Waals surface area contributed by atoms with Crippen LogP contribution < -0.4 is 0 Å². The lowest BCUT2D eigenvalue weighted by atomic mass is 10.1. The molecule has 2 aromatic heterocycles. The average Bonchev–Trinajstić information content (AvgIpc) is 3.35. The number of aromatic amines is 1. The van der Waals surface area contributed by atoms with Gasteiger partial charge < -0.3 is 4.98 Å². The van der Waals surface area contributed by atoms with Crippen LogP contribution in [0.1, 0.15) is 5.82 Å². The number of aromatic nitrogens is 2. The summed E-state index contributed by atoms with van der Waals surface area (Å²) in [7, 11) is -3.39. The van der Waals surface area contributed by atoms with Crippen molar-refractivity contribution in [1.82, 2.24) is 9.97 Å². The smallest absolute Gasteiger partial charge is 0.333 e. The number of H-pyrrole nitrogens is 1. The number of thiophene rings is 1. The minimum atomic E-state index is -4.65. The zero-order valence-corrected chi connectivity index (χ0v) is 18.3. The third-order valence-corrected chi connectivity index (χ3v) is 7.09. The second-order valence-corrected chi connectivity index (χ2v) is 10.3. The quantitative estimate of drug-likeness (QED) is 0.359. The standard InChI is InChI=1S/C21H14ClF3N2O2S2/c1-31(28,29)13-6-4-5-12(11-13)16-9-10-17(30-16)19-18(14-7-2-3-8-15(14)22)26-20(27-19)21(23,24)25/h2-11H,1H3,(H,26,27). The molecule has 0 atom stereocenters. The summed E-state index contributed by atoms with van der Waals surface area (Å²) in [5, 5.41) is 0.279. The fourth-order valence-electron chi connectivity index (χ4n) is 3.04. The SMILES string of the molecule is CS(=O)(=O)c1cccc(-c2ccc(-c3[nH]c(C(F)(F)F)nc3-c3ccccc3Cl)s2)c1. The Balaban J connectivity index is 1.84. The Kier molecular flexibility index (Phi) is 5.45. The fourth-order valence-corrected chi connectivity index (χ4v) is 4.94. The maximum atomic E-state index is 13.4. The molecule has 2 aromatic carbocycles. The molecule has 0 unspecified atom stereocenters. The molecule has 2 heterocycles. The van der Waals surface area contributed by atoms with E-state index in [4.69, 9.17) is 11.6 Å². The van der Waals surface area contributed by atoms with E-state index in [-0.39, 0.29) is 21.3 Å². The molecule has 160 valence electrons. The highest BCUT2D eigenvalue weighted by atomic mass is 35.5. The van der Waals surface area contributed by atoms with Crippen LogP contribution in [-0.2, 0) is 16.0 Å². The van der Waals surface area contributed by atoms with Crippen LogP contribution in [0, 0.1) is 0 Å². The van der Waals surface area contributed by atoms with Crippen molar-refractivity contribution in [1.29, 1.82) is 0 Å². The zero-order chi connectivity index (χ0) is 22.4. The van der Waals surface area contributed by atoms with Crippen molar-refractivity contribution in [3.63, 3.8) is 0 Å². The monoisotopic (exact) mass is 482 g/mol. The minimum Gasteiger partial charge on any atom is -0.333 e. The van der Waals surface area contributed by atoms with Crippen molar-refractivity contribution < 1.29 is 21.6 Å². The van der Waals surface area contributed by atoms with Gasteiger partial charge in [0.25, 0.3) is 0 Å². The predicted octanol–water partition coefficient (Wildman–Crippen LogP) is 6.55. The van der Waals surface area contributed by atoms with E-state index in [0.29, 0.717) is 20.9 Å². The highest BCUT2D eigenvalue weighted by molar-refractivity contribution is 7.90. The molecule has 0 aliphatic heterocycles. The largest absolute Gasteiger partial charge is 0.449 e. The number of imidazole rings is 1. The van der Waals surface area contributed by atoms with E-state index in [1.807, 2.05) is 0 Å². The third-order valence-electron chi connectivity index (χ3n) is 4.50. The molecule has 0 spiro atoms. The predicted molar refractivity (Wildman–Crippen MR) is 116 cm³/mol. The second kappa shape index (κ2) is 7.81. The Labute approximate surface area is 185 Å². The number of nitrogens with zero attached hydrogens (tertiary/aromatic N) is 1. The van der Waals surface area contributed by atoms with Gasteiger partial charge in [0.05, 0.1) is 26.2 Å². The molecular weight excluding hydrogens is 469 g/mol. The van der Waals surface area contributed by atoms with E-state index in [1.54, 1.807) is 48.5 Å². The molecule has 0 fully saturated rings. The first-order chi connectivity index (χ1) is 14.5. The van der Waals surface area contributed by atoms with Gasteiger partial charge in [-0.25, -0.2) is 13.4 Å². The summed E-state index contributed by atoms with van der Waals surface area (Å²) in [5.74, 6) is -1.12. The Morgan fingerprint density at radius 3 is 2.39 bits per heavy atom. The van der Waals surface area contributed by atoms with E-state index in [9.17, 15) is 21.6 Å². The van der Waals surface area contributed by atoms with Gasteiger partial charge >= 0.3 is 6.18 Å². The summed E-state index contributed by atoms with van der Waals surface area (Å²) in [5.41, 5.74) is 1.31. The number of alkyl halides is 3. The molecule has 0 saturated heterocycles. The van der Waals surface area contributed by atoms with Crippen LogP contribution in [-0.4, -0.2) is 24.6 Å². The molecule has 0 saturated carbocycles. The fraction of sp³-hybridized carbons (Fsp3) is 0.0952. The Morgan fingerprint density at radius 1 is 1.00 bits per heavy atom. The van der Waals surface area contributed by atoms with Crippen LogP contribution >= 0.6 is 22.9 Å². The molecule has 0 amide bonds. The van der Waals surface area contributed by atoms with Gasteiger partial charge in [-0.3, -0.25) is 0 Å². The Hall–Kier alpha value is -2.62. The van der Waals surface area contributed by atoms with E-state index in [2.05, 4.69) is 9.97 Å². The summed E-state index contributed by atoms with van der Waals surface area (Å²) in [6.45, 7) is 0. The molecule has 0 bridgehead atoms. The van der Waals surface area contributed by atoms with Crippen molar-refractivity contribution in [3.05, 3.63) is 71.5 Å². The summed E-state index contributed by atoms with van der Waals surface area (Å²) < 4.78 is 63.8. The van der Waals surface area contributed by atoms with Gasteiger partial charge in [0.15, 0.2) is 9.84 Å². The molecule has 4 nitrogen and oxygen atoms in total. The van der Waals surface area contributed by atoms with Crippen LogP contribution in [0.15, 0.2) is 65.6 Å². The first-order valence-corrected chi connectivity index (χ1v) is 12.0. The van der Waals surface area contributed by atoms with Gasteiger partial charge in [0.2, 0.25) is 5.82 Å². The van der Waals surface area contributed by atoms with Gasteiger partial charge in [-0.2, -0.15) is 13.2 Å². The molecule has 0 aliphatic rings. The molecule has 0 radical (unpaired) electrons. The van der Waals surface area contributed by atoms with Gasteiger partial charge in [0.1, 0.15) is 0 Å². The molecule has 0 aliphatic carbocycles. The molecule has 1 N–H and O–H groups in total. The summed E-state index contributed by atoms with van der Waals surface area (Å²) in [4.78, 5) is 7.54. The lowest BCUT2D eigenvalue weighted by Gasteiger charge is -2.03. The highest BCUT2D eigenvalue weighted by Gasteiger charge is 2.36. The van der Waals surface area contributed by atoms with Gasteiger partial charge in [-0.15, -0.1) is 11.3 Å². The summed E-state index contributed by atoms with van der Waals surface area (Å²) in [6, 6.07) is 16.3. The first kappa shape index (κ1) is 21.6. The van der Waals surface area contributed by atoms with Crippen LogP contribution in [0.3, 0.4) is 0 Å². The van der Waals surface area contributed by atoms with Crippen LogP contribution in [0.5, 0.6) is 0 Å². The highest BCUT2D eigenvalue weighted by Crippen LogP contribution is 2.42. The number of rotatable bonds is 4. The third kappa shape index (κ3) is 4.39. The number of halogens is 4. The summed E-state index contributed by atoms with van der Waals surface area (Å²) in [6.07, 6.45) is -3.54. The van der Waals surface area contributed by atoms with Crippen molar-refractivity contribution in [2.45, 2.75) is 11.1 Å². The number of hydrogen-bond donors (Lipinski definition) is 1. The van der Waals surface area contributed by atoms with E-state index in [1.165, 1.54) is 23.5 Å². The number of hydrogen-bond acceptors (Lipinski definition) is 4. The maximum absolute atomic E-state index is 13.4. The van der Waals surface area contributed by atoms with E-state index in [0.717, 1.165) is 6.26 Å². The molecule has 10 heteroatoms. The maximum Gasteiger partial charge on any atom is 0.449 e. The molecular formula is C21H14ClF3N2O2S2. The second-order valence-electron chi connectivity index (χ2n) is 6.75. The normalized spacial score (nSPS) is 12.3. The topological polar surface area (TPSA) is 62.8 Å². The average molecular weight is 483 g/mol. The number of sulfone groups is 1. The van der Waals surface area contributed by atoms with E-state index >= 15 is 0 Å². The summed E-state index contributed by atoms with van der Waals surface area (Å²) >= 11 is 7.43. The van der Waals surface area contributed by atoms with Crippen molar-refractivity contribution in [2.24, 2.45) is 0 Å². The zero-order valence-electron chi connectivity index (χ0n) is 15.9. The van der Waals surface area contributed by atoms with E-state index < -0.39 is 21.8 Å². The van der Waals surface area contributed by atoms with Crippen LogP contribution in [0.2, 0.25) is 5.02 Å². The van der Waals surface area contributed by atoms with Crippen LogP contribution in [0.4, 0.5) is 13.2 Å². The number of nitrogens with one attached hydrogen (secondary N) is 1. The van der Waals surface area contributed by atoms with Crippen LogP contribution in [0.25, 0.3) is 32.3 Å². The molecule has 4 aromatic rings. The Bertz CT molecular complexity index is 1380. The lowest BCUT2D eigenvalue weighted by Crippen LogP contribution is -2.07. The van der Waals surface area contributed by atoms with Crippen molar-refractivity contribution in [3.8, 4) is 32.3 Å². The van der Waals surface area contributed by atoms with Crippen molar-refractivity contribution in [2.75, 3.05) is 6.26 Å². The minimum absolute atomic E-state index is 0.0937. The first-order valence-electron chi connectivity index (χ1n) is 8.87. The molecule has 31 heavy (non-hydrogen) atoms. The Morgan fingerprint density at radius 2 is 1.71 bits per heavy atom.